The number of nitrogens with zero attached hydrogens (tertiary/aromatic N) is 2. The molecule has 2 heterocycles. The van der Waals surface area contributed by atoms with E-state index in [2.05, 4.69) is 9.55 Å². The van der Waals surface area contributed by atoms with Gasteiger partial charge in [-0.05, 0) is 6.92 Å². The van der Waals surface area contributed by atoms with Crippen LogP contribution in [0.2, 0.25) is 0 Å². The van der Waals surface area contributed by atoms with Gasteiger partial charge in [0.15, 0.2) is 6.29 Å². The highest BCUT2D eigenvalue weighted by molar-refractivity contribution is 4.88. The van der Waals surface area contributed by atoms with E-state index in [1.54, 1.807) is 0 Å². The van der Waals surface area contributed by atoms with E-state index in [0.29, 0.717) is 0 Å². The van der Waals surface area contributed by atoms with E-state index in [9.17, 15) is 0 Å². The topological polar surface area (TPSA) is 36.3 Å². The van der Waals surface area contributed by atoms with Crippen molar-refractivity contribution in [3.63, 3.8) is 0 Å². The van der Waals surface area contributed by atoms with Crippen LogP contribution in [0.1, 0.15) is 12.2 Å². The molecule has 1 aromatic rings. The van der Waals surface area contributed by atoms with Gasteiger partial charge in [-0.3, -0.25) is 0 Å². The quantitative estimate of drug-likeness (QED) is 0.698. The molecule has 1 aliphatic rings. The van der Waals surface area contributed by atoms with Gasteiger partial charge in [-0.15, -0.1) is 0 Å². The Morgan fingerprint density at radius 1 is 1.54 bits per heavy atom. The number of rotatable bonds is 3. The zero-order chi connectivity index (χ0) is 9.10. The molecule has 0 spiro atoms. The molecule has 4 heteroatoms. The standard InChI is InChI=1S/C9H14N2O2/c1-8-10-3-5-11(8)4-2-9-12-6-7-13-9/h3,5,9H,2,4,6-7H2,1H3. The zero-order valence-electron chi connectivity index (χ0n) is 7.77. The summed E-state index contributed by atoms with van der Waals surface area (Å²) >= 11 is 0. The molecule has 72 valence electrons. The Labute approximate surface area is 77.5 Å². The van der Waals surface area contributed by atoms with Crippen molar-refractivity contribution >= 4 is 0 Å². The Bertz CT molecular complexity index is 266. The lowest BCUT2D eigenvalue weighted by Crippen LogP contribution is -2.12. The third-order valence-electron chi connectivity index (χ3n) is 2.22. The molecule has 2 rings (SSSR count). The van der Waals surface area contributed by atoms with Gasteiger partial charge in [-0.1, -0.05) is 0 Å². The molecule has 1 aliphatic heterocycles. The third kappa shape index (κ3) is 2.08. The average molecular weight is 182 g/mol. The van der Waals surface area contributed by atoms with E-state index < -0.39 is 0 Å². The fourth-order valence-electron chi connectivity index (χ4n) is 1.46. The molecule has 0 bridgehead atoms. The highest BCUT2D eigenvalue weighted by Crippen LogP contribution is 2.09. The van der Waals surface area contributed by atoms with E-state index in [-0.39, 0.29) is 6.29 Å². The number of hydrogen-bond acceptors (Lipinski definition) is 3. The fraction of sp³-hybridized carbons (Fsp3) is 0.667. The molecular formula is C9H14N2O2. The summed E-state index contributed by atoms with van der Waals surface area (Å²) in [6.45, 7) is 4.37. The molecule has 4 nitrogen and oxygen atoms in total. The zero-order valence-corrected chi connectivity index (χ0v) is 7.77. The maximum Gasteiger partial charge on any atom is 0.159 e. The van der Waals surface area contributed by atoms with Crippen molar-refractivity contribution in [1.82, 2.24) is 9.55 Å². The largest absolute Gasteiger partial charge is 0.350 e. The third-order valence-corrected chi connectivity index (χ3v) is 2.22. The van der Waals surface area contributed by atoms with Crippen LogP contribution in [0.15, 0.2) is 12.4 Å². The Balaban J connectivity index is 1.82. The summed E-state index contributed by atoms with van der Waals surface area (Å²) < 4.78 is 12.8. The van der Waals surface area contributed by atoms with Gasteiger partial charge in [0.05, 0.1) is 13.2 Å². The molecule has 0 unspecified atom stereocenters. The minimum atomic E-state index is -0.0122. The lowest BCUT2D eigenvalue weighted by Gasteiger charge is -2.09. The second-order valence-corrected chi connectivity index (χ2v) is 3.13. The Morgan fingerprint density at radius 3 is 2.92 bits per heavy atom. The molecule has 1 aromatic heterocycles. The van der Waals surface area contributed by atoms with Gasteiger partial charge >= 0.3 is 0 Å². The lowest BCUT2D eigenvalue weighted by atomic mass is 10.4. The van der Waals surface area contributed by atoms with Crippen LogP contribution < -0.4 is 0 Å². The molecule has 1 fully saturated rings. The Hall–Kier alpha value is -0.870. The normalized spacial score (nSPS) is 18.2. The molecule has 1 saturated heterocycles. The van der Waals surface area contributed by atoms with Crippen molar-refractivity contribution in [3.8, 4) is 0 Å². The summed E-state index contributed by atoms with van der Waals surface area (Å²) in [6.07, 6.45) is 4.68. The van der Waals surface area contributed by atoms with Crippen LogP contribution >= 0.6 is 0 Å². The van der Waals surface area contributed by atoms with Crippen molar-refractivity contribution in [2.75, 3.05) is 13.2 Å². The average Bonchev–Trinajstić information content (AvgIpc) is 2.72. The minimum Gasteiger partial charge on any atom is -0.350 e. The predicted molar refractivity (Wildman–Crippen MR) is 47.3 cm³/mol. The maximum absolute atomic E-state index is 5.34. The minimum absolute atomic E-state index is 0.0122. The fourth-order valence-corrected chi connectivity index (χ4v) is 1.46. The lowest BCUT2D eigenvalue weighted by molar-refractivity contribution is -0.0491. The summed E-state index contributed by atoms with van der Waals surface area (Å²) in [6, 6.07) is 0. The molecule has 0 amide bonds. The van der Waals surface area contributed by atoms with Gasteiger partial charge in [-0.2, -0.15) is 0 Å². The summed E-state index contributed by atoms with van der Waals surface area (Å²) in [5, 5.41) is 0. The Kier molecular flexibility index (Phi) is 2.61. The molecule has 0 radical (unpaired) electrons. The second kappa shape index (κ2) is 3.89. The first-order valence-electron chi connectivity index (χ1n) is 4.57. The number of ether oxygens (including phenoxy) is 2. The van der Waals surface area contributed by atoms with Crippen LogP contribution in [0.4, 0.5) is 0 Å². The highest BCUT2D eigenvalue weighted by Gasteiger charge is 2.15. The van der Waals surface area contributed by atoms with Gasteiger partial charge in [0.25, 0.3) is 0 Å². The van der Waals surface area contributed by atoms with Crippen LogP contribution in [0.5, 0.6) is 0 Å². The van der Waals surface area contributed by atoms with Gasteiger partial charge in [-0.25, -0.2) is 4.98 Å². The predicted octanol–water partition coefficient (Wildman–Crippen LogP) is 0.955. The number of hydrogen-bond donors (Lipinski definition) is 0. The van der Waals surface area contributed by atoms with Crippen LogP contribution in [-0.4, -0.2) is 29.1 Å². The molecule has 0 aliphatic carbocycles. The van der Waals surface area contributed by atoms with Crippen molar-refractivity contribution in [2.45, 2.75) is 26.2 Å². The second-order valence-electron chi connectivity index (χ2n) is 3.13. The van der Waals surface area contributed by atoms with Crippen molar-refractivity contribution in [2.24, 2.45) is 0 Å². The van der Waals surface area contributed by atoms with Crippen LogP contribution in [0.3, 0.4) is 0 Å². The number of imidazole rings is 1. The van der Waals surface area contributed by atoms with E-state index >= 15 is 0 Å². The van der Waals surface area contributed by atoms with Crippen molar-refractivity contribution in [1.29, 1.82) is 0 Å². The summed E-state index contributed by atoms with van der Waals surface area (Å²) in [4.78, 5) is 4.14. The smallest absolute Gasteiger partial charge is 0.159 e. The molecule has 0 saturated carbocycles. The maximum atomic E-state index is 5.34. The first-order chi connectivity index (χ1) is 6.36. The van der Waals surface area contributed by atoms with E-state index in [0.717, 1.165) is 32.0 Å². The van der Waals surface area contributed by atoms with Crippen LogP contribution in [0.25, 0.3) is 0 Å². The molecule has 0 N–H and O–H groups in total. The molecular weight excluding hydrogens is 168 g/mol. The van der Waals surface area contributed by atoms with Crippen molar-refractivity contribution < 1.29 is 9.47 Å². The van der Waals surface area contributed by atoms with E-state index in [1.165, 1.54) is 0 Å². The van der Waals surface area contributed by atoms with Crippen LogP contribution in [0, 0.1) is 6.92 Å². The van der Waals surface area contributed by atoms with Gasteiger partial charge in [0.1, 0.15) is 5.82 Å². The summed E-state index contributed by atoms with van der Waals surface area (Å²) in [5.41, 5.74) is 0. The van der Waals surface area contributed by atoms with Crippen molar-refractivity contribution in [3.05, 3.63) is 18.2 Å². The Morgan fingerprint density at radius 2 is 2.31 bits per heavy atom. The van der Waals surface area contributed by atoms with Gasteiger partial charge in [0, 0.05) is 25.4 Å². The highest BCUT2D eigenvalue weighted by atomic mass is 16.7. The van der Waals surface area contributed by atoms with E-state index in [4.69, 9.17) is 9.47 Å². The number of aryl methyl sites for hydroxylation is 2. The molecule has 0 atom stereocenters. The summed E-state index contributed by atoms with van der Waals surface area (Å²) in [5.74, 6) is 1.04. The first kappa shape index (κ1) is 8.72. The monoisotopic (exact) mass is 182 g/mol. The molecule has 0 aromatic carbocycles. The van der Waals surface area contributed by atoms with E-state index in [1.807, 2.05) is 19.3 Å². The molecule has 13 heavy (non-hydrogen) atoms. The van der Waals surface area contributed by atoms with Gasteiger partial charge < -0.3 is 14.0 Å². The first-order valence-corrected chi connectivity index (χ1v) is 4.57. The number of aromatic nitrogens is 2. The SMILES string of the molecule is Cc1nccn1CCC1OCCO1. The van der Waals surface area contributed by atoms with Gasteiger partial charge in [0.2, 0.25) is 0 Å². The van der Waals surface area contributed by atoms with Crippen LogP contribution in [-0.2, 0) is 16.0 Å². The summed E-state index contributed by atoms with van der Waals surface area (Å²) in [7, 11) is 0.